The van der Waals surface area contributed by atoms with Gasteiger partial charge in [0.15, 0.2) is 6.61 Å². The SMILES string of the molecule is O=C(COC(=O)C(SOO[O-])(C(F)(F)F)C(F)(F)F)OCC12CC3CC(CC(C3)C1)C2. The molecule has 4 saturated carbocycles. The maximum absolute atomic E-state index is 13.1. The van der Waals surface area contributed by atoms with Crippen LogP contribution in [-0.4, -0.2) is 42.3 Å². The molecule has 0 spiro atoms. The fourth-order valence-corrected chi connectivity index (χ4v) is 6.00. The summed E-state index contributed by atoms with van der Waals surface area (Å²) in [7, 11) is 0. The largest absolute Gasteiger partial charge is 0.691 e. The first-order valence-electron chi connectivity index (χ1n) is 9.42. The molecule has 0 aliphatic heterocycles. The molecule has 178 valence electrons. The van der Waals surface area contributed by atoms with Gasteiger partial charge in [0.05, 0.1) is 18.6 Å². The first kappa shape index (κ1) is 24.4. The molecule has 4 bridgehead atoms. The fraction of sp³-hybridized carbons (Fsp3) is 0.882. The van der Waals surface area contributed by atoms with Crippen molar-refractivity contribution in [1.82, 2.24) is 0 Å². The Balaban J connectivity index is 1.59. The summed E-state index contributed by atoms with van der Waals surface area (Å²) >= 11 is -1.62. The molecule has 0 unspecified atom stereocenters. The normalized spacial score (nSPS) is 30.4. The lowest BCUT2D eigenvalue weighted by Gasteiger charge is -2.56. The van der Waals surface area contributed by atoms with Crippen molar-refractivity contribution in [2.45, 2.75) is 55.6 Å². The van der Waals surface area contributed by atoms with E-state index in [0.717, 1.165) is 38.5 Å². The Kier molecular flexibility index (Phi) is 6.76. The zero-order valence-electron chi connectivity index (χ0n) is 15.9. The van der Waals surface area contributed by atoms with E-state index in [1.165, 1.54) is 0 Å². The Morgan fingerprint density at radius 2 is 1.39 bits per heavy atom. The van der Waals surface area contributed by atoms with E-state index in [1.54, 1.807) is 0 Å². The van der Waals surface area contributed by atoms with Gasteiger partial charge in [0.1, 0.15) is 0 Å². The minimum absolute atomic E-state index is 0.0293. The van der Waals surface area contributed by atoms with E-state index in [4.69, 9.17) is 4.74 Å². The van der Waals surface area contributed by atoms with E-state index in [9.17, 15) is 41.2 Å². The minimum Gasteiger partial charge on any atom is -0.691 e. The highest BCUT2D eigenvalue weighted by Gasteiger charge is 2.79. The monoisotopic (exact) mass is 481 g/mol. The third-order valence-electron chi connectivity index (χ3n) is 6.30. The van der Waals surface area contributed by atoms with Gasteiger partial charge < -0.3 is 14.7 Å². The van der Waals surface area contributed by atoms with Crippen LogP contribution in [0.15, 0.2) is 0 Å². The zero-order chi connectivity index (χ0) is 23.1. The van der Waals surface area contributed by atoms with Gasteiger partial charge in [-0.3, -0.25) is 5.04 Å². The topological polar surface area (TPSA) is 94.1 Å². The van der Waals surface area contributed by atoms with Crippen LogP contribution in [0.3, 0.4) is 0 Å². The number of rotatable bonds is 8. The molecule has 0 atom stereocenters. The molecule has 0 aromatic rings. The maximum Gasteiger partial charge on any atom is 0.425 e. The average molecular weight is 481 g/mol. The van der Waals surface area contributed by atoms with Crippen LogP contribution in [0.2, 0.25) is 0 Å². The molecule has 0 N–H and O–H groups in total. The highest BCUT2D eigenvalue weighted by Crippen LogP contribution is 2.60. The van der Waals surface area contributed by atoms with Crippen molar-refractivity contribution in [2.24, 2.45) is 23.2 Å². The highest BCUT2D eigenvalue weighted by molar-refractivity contribution is 7.96. The van der Waals surface area contributed by atoms with Gasteiger partial charge in [-0.25, -0.2) is 9.59 Å². The Morgan fingerprint density at radius 1 is 0.903 bits per heavy atom. The van der Waals surface area contributed by atoms with Crippen LogP contribution in [0.5, 0.6) is 0 Å². The summed E-state index contributed by atoms with van der Waals surface area (Å²) < 4.78 is 85.8. The van der Waals surface area contributed by atoms with Gasteiger partial charge in [-0.2, -0.15) is 30.7 Å². The second-order valence-corrected chi connectivity index (χ2v) is 9.47. The van der Waals surface area contributed by atoms with Crippen LogP contribution in [0.1, 0.15) is 38.5 Å². The van der Waals surface area contributed by atoms with Crippen LogP contribution in [0.25, 0.3) is 0 Å². The predicted molar refractivity (Wildman–Crippen MR) is 87.1 cm³/mol. The average Bonchev–Trinajstić information content (AvgIpc) is 2.62. The zero-order valence-corrected chi connectivity index (χ0v) is 16.7. The van der Waals surface area contributed by atoms with Crippen molar-refractivity contribution in [3.05, 3.63) is 0 Å². The number of alkyl halides is 6. The second-order valence-electron chi connectivity index (χ2n) is 8.55. The third-order valence-corrected chi connectivity index (χ3v) is 7.30. The van der Waals surface area contributed by atoms with Crippen molar-refractivity contribution in [3.8, 4) is 0 Å². The summed E-state index contributed by atoms with van der Waals surface area (Å²) in [5.74, 6) is -2.57. The lowest BCUT2D eigenvalue weighted by Crippen LogP contribution is -2.60. The summed E-state index contributed by atoms with van der Waals surface area (Å²) in [4.78, 5) is 23.7. The van der Waals surface area contributed by atoms with E-state index in [-0.39, 0.29) is 12.0 Å². The molecule has 14 heteroatoms. The van der Waals surface area contributed by atoms with Crippen LogP contribution in [0, 0.1) is 23.2 Å². The van der Waals surface area contributed by atoms with Gasteiger partial charge in [0, 0.05) is 5.41 Å². The molecule has 4 rings (SSSR count). The Morgan fingerprint density at radius 3 is 1.81 bits per heavy atom. The quantitative estimate of drug-likeness (QED) is 0.172. The first-order valence-corrected chi connectivity index (χ1v) is 10.2. The first-order chi connectivity index (χ1) is 14.3. The van der Waals surface area contributed by atoms with Gasteiger partial charge in [0.25, 0.3) is 0 Å². The smallest absolute Gasteiger partial charge is 0.425 e. The third kappa shape index (κ3) is 4.76. The van der Waals surface area contributed by atoms with Gasteiger partial charge in [-0.1, -0.05) is 0 Å². The molecule has 0 heterocycles. The fourth-order valence-electron chi connectivity index (χ4n) is 5.55. The Bertz CT molecular complexity index is 646. The number of carbonyl (C=O) groups is 2. The number of hydrogen-bond acceptors (Lipinski definition) is 8. The number of ether oxygens (including phenoxy) is 2. The molecule has 0 aromatic carbocycles. The molecule has 4 aliphatic carbocycles. The molecular weight excluding hydrogens is 462 g/mol. The molecule has 31 heavy (non-hydrogen) atoms. The van der Waals surface area contributed by atoms with Gasteiger partial charge >= 0.3 is 29.0 Å². The van der Waals surface area contributed by atoms with Crippen molar-refractivity contribution < 1.29 is 60.0 Å². The van der Waals surface area contributed by atoms with E-state index in [2.05, 4.69) is 14.1 Å². The molecular formula is C17H19F6O7S-. The van der Waals surface area contributed by atoms with Gasteiger partial charge in [0.2, 0.25) is 0 Å². The highest BCUT2D eigenvalue weighted by atomic mass is 32.2. The van der Waals surface area contributed by atoms with Crippen molar-refractivity contribution >= 4 is 24.0 Å². The van der Waals surface area contributed by atoms with Crippen LogP contribution in [0.4, 0.5) is 26.3 Å². The summed E-state index contributed by atoms with van der Waals surface area (Å²) in [5.41, 5.74) is -0.245. The van der Waals surface area contributed by atoms with Crippen LogP contribution >= 0.6 is 12.0 Å². The molecule has 0 amide bonds. The molecule has 0 aromatic heterocycles. The van der Waals surface area contributed by atoms with E-state index in [1.807, 2.05) is 0 Å². The molecule has 7 nitrogen and oxygen atoms in total. The summed E-state index contributed by atoms with van der Waals surface area (Å²) in [5, 5.41) is 12.3. The molecule has 4 fully saturated rings. The molecule has 0 saturated heterocycles. The van der Waals surface area contributed by atoms with Crippen molar-refractivity contribution in [3.63, 3.8) is 0 Å². The van der Waals surface area contributed by atoms with Gasteiger partial charge in [-0.05, 0) is 56.3 Å². The standard InChI is InChI=1S/C17H20F6O7S/c18-16(19,20)15(17(21,22)23,31-30-29-26)13(25)27-7-12(24)28-8-14-4-9-1-10(5-14)3-11(2-9)6-14/h9-11,26H,1-8H2/p-1. The number of hydrogen-bond donors (Lipinski definition) is 0. The Hall–Kier alpha value is -1.25. The number of carbonyl (C=O) groups excluding carboxylic acids is 2. The predicted octanol–water partition coefficient (Wildman–Crippen LogP) is 3.02. The number of halogens is 6. The van der Waals surface area contributed by atoms with Crippen molar-refractivity contribution in [2.75, 3.05) is 13.2 Å². The maximum atomic E-state index is 13.1. The number of esters is 2. The lowest BCUT2D eigenvalue weighted by atomic mass is 9.50. The second kappa shape index (κ2) is 8.60. The van der Waals surface area contributed by atoms with E-state index in [0.29, 0.717) is 17.8 Å². The lowest BCUT2D eigenvalue weighted by molar-refractivity contribution is -0.777. The Labute approximate surface area is 176 Å². The van der Waals surface area contributed by atoms with Gasteiger partial charge in [-0.15, -0.1) is 0 Å². The summed E-state index contributed by atoms with van der Waals surface area (Å²) in [6, 6.07) is 0. The summed E-state index contributed by atoms with van der Waals surface area (Å²) in [6.45, 7) is -1.49. The van der Waals surface area contributed by atoms with E-state index >= 15 is 0 Å². The van der Waals surface area contributed by atoms with E-state index < -0.39 is 47.7 Å². The van der Waals surface area contributed by atoms with Crippen LogP contribution in [-0.2, 0) is 28.4 Å². The molecule has 0 radical (unpaired) electrons. The van der Waals surface area contributed by atoms with Crippen LogP contribution < -0.4 is 5.26 Å². The minimum atomic E-state index is -6.28. The van der Waals surface area contributed by atoms with Crippen molar-refractivity contribution in [1.29, 1.82) is 0 Å². The summed E-state index contributed by atoms with van der Waals surface area (Å²) in [6.07, 6.45) is -6.66. The molecule has 4 aliphatic rings.